The van der Waals surface area contributed by atoms with E-state index in [1.54, 1.807) is 7.11 Å². The number of benzene rings is 1. The summed E-state index contributed by atoms with van der Waals surface area (Å²) in [5, 5.41) is 6.68. The fourth-order valence-electron chi connectivity index (χ4n) is 2.40. The predicted molar refractivity (Wildman–Crippen MR) is 121 cm³/mol. The molecule has 0 atom stereocenters. The van der Waals surface area contributed by atoms with E-state index in [2.05, 4.69) is 62.6 Å². The van der Waals surface area contributed by atoms with Crippen LogP contribution in [0.3, 0.4) is 0 Å². The molecule has 0 unspecified atom stereocenters. The van der Waals surface area contributed by atoms with Crippen LogP contribution in [0.25, 0.3) is 0 Å². The van der Waals surface area contributed by atoms with Crippen molar-refractivity contribution in [1.82, 2.24) is 10.6 Å². The number of ether oxygens (including phenoxy) is 2. The first kappa shape index (κ1) is 25.1. The predicted octanol–water partition coefficient (Wildman–Crippen LogP) is 3.50. The molecule has 150 valence electrons. The Morgan fingerprint density at radius 3 is 2.58 bits per heavy atom. The van der Waals surface area contributed by atoms with Crippen molar-refractivity contribution in [3.8, 4) is 0 Å². The van der Waals surface area contributed by atoms with Gasteiger partial charge in [-0.1, -0.05) is 43.7 Å². The largest absolute Gasteiger partial charge is 0.382 e. The van der Waals surface area contributed by atoms with Gasteiger partial charge in [0.15, 0.2) is 5.96 Å². The third kappa shape index (κ3) is 10.3. The normalized spacial score (nSPS) is 11.8. The molecule has 0 spiro atoms. The van der Waals surface area contributed by atoms with Crippen molar-refractivity contribution in [2.75, 3.05) is 46.6 Å². The molecule has 1 rings (SSSR count). The molecule has 0 saturated carbocycles. The second-order valence-corrected chi connectivity index (χ2v) is 6.83. The lowest BCUT2D eigenvalue weighted by atomic mass is 9.84. The van der Waals surface area contributed by atoms with Crippen molar-refractivity contribution < 1.29 is 9.47 Å². The van der Waals surface area contributed by atoms with Crippen molar-refractivity contribution >= 4 is 29.9 Å². The Morgan fingerprint density at radius 2 is 1.92 bits per heavy atom. The van der Waals surface area contributed by atoms with Gasteiger partial charge in [-0.3, -0.25) is 4.99 Å². The number of rotatable bonds is 11. The minimum Gasteiger partial charge on any atom is -0.382 e. The van der Waals surface area contributed by atoms with Crippen LogP contribution in [0.15, 0.2) is 29.3 Å². The van der Waals surface area contributed by atoms with Crippen LogP contribution in [-0.4, -0.2) is 52.5 Å². The zero-order chi connectivity index (χ0) is 18.5. The maximum absolute atomic E-state index is 5.47. The maximum Gasteiger partial charge on any atom is 0.191 e. The summed E-state index contributed by atoms with van der Waals surface area (Å²) in [4.78, 5) is 4.77. The van der Waals surface area contributed by atoms with E-state index < -0.39 is 0 Å². The number of halogens is 1. The topological polar surface area (TPSA) is 54.9 Å². The van der Waals surface area contributed by atoms with Gasteiger partial charge in [0.1, 0.15) is 0 Å². The van der Waals surface area contributed by atoms with E-state index in [0.717, 1.165) is 38.6 Å². The number of hydrogen-bond acceptors (Lipinski definition) is 3. The molecule has 26 heavy (non-hydrogen) atoms. The highest BCUT2D eigenvalue weighted by atomic mass is 127. The lowest BCUT2D eigenvalue weighted by Gasteiger charge is -2.24. The molecule has 0 heterocycles. The molecular weight excluding hydrogens is 441 g/mol. The van der Waals surface area contributed by atoms with Crippen molar-refractivity contribution in [2.45, 2.75) is 39.5 Å². The van der Waals surface area contributed by atoms with Crippen molar-refractivity contribution in [3.63, 3.8) is 0 Å². The molecule has 6 heteroatoms. The average Bonchev–Trinajstić information content (AvgIpc) is 2.59. The Morgan fingerprint density at radius 1 is 1.15 bits per heavy atom. The first-order chi connectivity index (χ1) is 12.0. The van der Waals surface area contributed by atoms with Gasteiger partial charge >= 0.3 is 0 Å². The summed E-state index contributed by atoms with van der Waals surface area (Å²) in [7, 11) is 1.68. The Balaban J connectivity index is 0.00000625. The maximum atomic E-state index is 5.47. The van der Waals surface area contributed by atoms with Crippen LogP contribution >= 0.6 is 24.0 Å². The van der Waals surface area contributed by atoms with Gasteiger partial charge in [0.05, 0.1) is 19.8 Å². The summed E-state index contributed by atoms with van der Waals surface area (Å²) in [6, 6.07) is 8.67. The van der Waals surface area contributed by atoms with Gasteiger partial charge in [-0.25, -0.2) is 0 Å². The molecule has 0 saturated heterocycles. The Hall–Kier alpha value is -0.860. The van der Waals surface area contributed by atoms with Gasteiger partial charge in [-0.2, -0.15) is 0 Å². The number of aryl methyl sites for hydroxylation is 1. The van der Waals surface area contributed by atoms with Crippen LogP contribution in [0.4, 0.5) is 0 Å². The molecule has 2 N–H and O–H groups in total. The molecule has 0 aromatic heterocycles. The molecule has 0 aliphatic rings. The van der Waals surface area contributed by atoms with Crippen LogP contribution in [0, 0.1) is 6.92 Å². The number of nitrogens with one attached hydrogen (secondary N) is 2. The lowest BCUT2D eigenvalue weighted by molar-refractivity contribution is 0.0698. The van der Waals surface area contributed by atoms with Crippen LogP contribution in [0.1, 0.15) is 38.3 Å². The third-order valence-corrected chi connectivity index (χ3v) is 3.97. The molecule has 0 aliphatic carbocycles. The second kappa shape index (κ2) is 14.2. The minimum absolute atomic E-state index is 0. The van der Waals surface area contributed by atoms with Gasteiger partial charge in [-0.05, 0) is 25.8 Å². The van der Waals surface area contributed by atoms with Gasteiger partial charge in [0.2, 0.25) is 0 Å². The summed E-state index contributed by atoms with van der Waals surface area (Å²) in [6.07, 6.45) is 0.940. The second-order valence-electron chi connectivity index (χ2n) is 6.83. The van der Waals surface area contributed by atoms with E-state index >= 15 is 0 Å². The lowest BCUT2D eigenvalue weighted by Crippen LogP contribution is -2.39. The summed E-state index contributed by atoms with van der Waals surface area (Å²) < 4.78 is 10.4. The number of aliphatic imine (C=N–C) groups is 1. The summed E-state index contributed by atoms with van der Waals surface area (Å²) >= 11 is 0. The molecule has 0 fully saturated rings. The SMILES string of the molecule is CCNC(=NCC(C)(C)c1cccc(C)c1)NCCCOCCOC.I. The molecule has 0 amide bonds. The summed E-state index contributed by atoms with van der Waals surface area (Å²) in [5.74, 6) is 0.861. The molecule has 0 radical (unpaired) electrons. The van der Waals surface area contributed by atoms with Gasteiger partial charge in [-0.15, -0.1) is 24.0 Å². The van der Waals surface area contributed by atoms with E-state index in [-0.39, 0.29) is 29.4 Å². The highest BCUT2D eigenvalue weighted by molar-refractivity contribution is 14.0. The zero-order valence-electron chi connectivity index (χ0n) is 16.9. The van der Waals surface area contributed by atoms with Crippen LogP contribution in [0.2, 0.25) is 0 Å². The van der Waals surface area contributed by atoms with Gasteiger partial charge in [0, 0.05) is 32.2 Å². The fourth-order valence-corrected chi connectivity index (χ4v) is 2.40. The minimum atomic E-state index is -0.00235. The van der Waals surface area contributed by atoms with Gasteiger partial charge in [0.25, 0.3) is 0 Å². The average molecular weight is 477 g/mol. The molecule has 0 aliphatic heterocycles. The zero-order valence-corrected chi connectivity index (χ0v) is 19.3. The van der Waals surface area contributed by atoms with Crippen molar-refractivity contribution in [3.05, 3.63) is 35.4 Å². The smallest absolute Gasteiger partial charge is 0.191 e. The molecule has 1 aromatic rings. The van der Waals surface area contributed by atoms with E-state index in [1.807, 2.05) is 0 Å². The van der Waals surface area contributed by atoms with Gasteiger partial charge < -0.3 is 20.1 Å². The highest BCUT2D eigenvalue weighted by Crippen LogP contribution is 2.24. The monoisotopic (exact) mass is 477 g/mol. The molecule has 0 bridgehead atoms. The fraction of sp³-hybridized carbons (Fsp3) is 0.650. The number of nitrogens with zero attached hydrogens (tertiary/aromatic N) is 1. The van der Waals surface area contributed by atoms with Crippen LogP contribution in [0.5, 0.6) is 0 Å². The number of hydrogen-bond donors (Lipinski definition) is 2. The Labute approximate surface area is 176 Å². The Bertz CT molecular complexity index is 522. The molecule has 5 nitrogen and oxygen atoms in total. The molecule has 1 aromatic carbocycles. The third-order valence-electron chi connectivity index (χ3n) is 3.97. The van der Waals surface area contributed by atoms with E-state index in [4.69, 9.17) is 14.5 Å². The van der Waals surface area contributed by atoms with Crippen molar-refractivity contribution in [2.24, 2.45) is 4.99 Å². The first-order valence-corrected chi connectivity index (χ1v) is 9.15. The Kier molecular flexibility index (Phi) is 13.8. The quantitative estimate of drug-likeness (QED) is 0.222. The van der Waals surface area contributed by atoms with E-state index in [1.165, 1.54) is 11.1 Å². The highest BCUT2D eigenvalue weighted by Gasteiger charge is 2.20. The first-order valence-electron chi connectivity index (χ1n) is 9.15. The molecular formula is C20H36IN3O2. The number of guanidine groups is 1. The summed E-state index contributed by atoms with van der Waals surface area (Å²) in [5.41, 5.74) is 2.60. The van der Waals surface area contributed by atoms with Crippen LogP contribution in [-0.2, 0) is 14.9 Å². The van der Waals surface area contributed by atoms with Crippen molar-refractivity contribution in [1.29, 1.82) is 0 Å². The van der Waals surface area contributed by atoms with Crippen LogP contribution < -0.4 is 10.6 Å². The van der Waals surface area contributed by atoms with E-state index in [9.17, 15) is 0 Å². The number of methoxy groups -OCH3 is 1. The van der Waals surface area contributed by atoms with E-state index in [0.29, 0.717) is 13.2 Å². The standard InChI is InChI=1S/C20H35N3O2.HI/c1-6-21-19(22-11-8-12-25-14-13-24-5)23-16-20(3,4)18-10-7-9-17(2)15-18;/h7,9-10,15H,6,8,11-14,16H2,1-5H3,(H2,21,22,23);1H. The summed E-state index contributed by atoms with van der Waals surface area (Å²) in [6.45, 7) is 13.1.